The summed E-state index contributed by atoms with van der Waals surface area (Å²) in [5, 5.41) is 0. The summed E-state index contributed by atoms with van der Waals surface area (Å²) in [6.07, 6.45) is 1.89. The molecule has 0 heterocycles. The van der Waals surface area contributed by atoms with Crippen molar-refractivity contribution in [2.45, 2.75) is 28.7 Å². The lowest BCUT2D eigenvalue weighted by molar-refractivity contribution is 1.41. The van der Waals surface area contributed by atoms with Gasteiger partial charge in [0, 0.05) is 0 Å². The smallest absolute Gasteiger partial charge is 0.0158 e. The number of allylic oxidation sites excluding steroid dienone is 1. The number of benzene rings is 1. The van der Waals surface area contributed by atoms with Crippen LogP contribution in [0, 0.1) is 6.92 Å². The minimum absolute atomic E-state index is 0. The molecule has 0 radical (unpaired) electrons. The van der Waals surface area contributed by atoms with Crippen LogP contribution in [0.2, 0.25) is 0 Å². The molecule has 0 saturated carbocycles. The molecule has 0 heteroatoms. The minimum Gasteiger partial charge on any atom is -0.0984 e. The molecule has 0 aliphatic carbocycles. The number of hydrogen-bond acceptors (Lipinski definition) is 0. The standard InChI is InChI=1S/C12H14.2CH4/c1-5-11-10(4)7-6-8-12(11)9(2)3;;/h5-8H,1-2H2,3-4H3;2*1H4. The molecule has 0 bridgehead atoms. The van der Waals surface area contributed by atoms with Gasteiger partial charge in [0.05, 0.1) is 0 Å². The summed E-state index contributed by atoms with van der Waals surface area (Å²) in [5.41, 5.74) is 4.74. The molecule has 0 aliphatic heterocycles. The van der Waals surface area contributed by atoms with E-state index < -0.39 is 0 Å². The maximum atomic E-state index is 3.93. The fraction of sp³-hybridized carbons (Fsp3) is 0.286. The first-order valence-corrected chi connectivity index (χ1v) is 4.04. The number of hydrogen-bond donors (Lipinski definition) is 0. The van der Waals surface area contributed by atoms with E-state index in [2.05, 4.69) is 32.2 Å². The maximum absolute atomic E-state index is 3.93. The van der Waals surface area contributed by atoms with Gasteiger partial charge in [-0.3, -0.25) is 0 Å². The summed E-state index contributed by atoms with van der Waals surface area (Å²) in [5.74, 6) is 0. The third-order valence-corrected chi connectivity index (χ3v) is 1.99. The first-order valence-electron chi connectivity index (χ1n) is 4.04. The zero-order chi connectivity index (χ0) is 9.14. The van der Waals surface area contributed by atoms with Crippen molar-refractivity contribution >= 4 is 11.6 Å². The lowest BCUT2D eigenvalue weighted by atomic mass is 9.98. The summed E-state index contributed by atoms with van der Waals surface area (Å²) >= 11 is 0. The van der Waals surface area contributed by atoms with Crippen LogP contribution in [0.1, 0.15) is 38.5 Å². The van der Waals surface area contributed by atoms with Crippen LogP contribution < -0.4 is 0 Å². The van der Waals surface area contributed by atoms with E-state index in [9.17, 15) is 0 Å². The number of aryl methyl sites for hydroxylation is 1. The lowest BCUT2D eigenvalue weighted by Gasteiger charge is -2.07. The summed E-state index contributed by atoms with van der Waals surface area (Å²) < 4.78 is 0. The quantitative estimate of drug-likeness (QED) is 0.619. The Morgan fingerprint density at radius 2 is 1.86 bits per heavy atom. The molecule has 1 aromatic carbocycles. The molecule has 0 unspecified atom stereocenters. The minimum atomic E-state index is 0. The van der Waals surface area contributed by atoms with Gasteiger partial charge in [-0.2, -0.15) is 0 Å². The fourth-order valence-electron chi connectivity index (χ4n) is 1.32. The van der Waals surface area contributed by atoms with Gasteiger partial charge in [-0.25, -0.2) is 0 Å². The normalized spacial score (nSPS) is 8.14. The highest BCUT2D eigenvalue weighted by molar-refractivity contribution is 5.73. The van der Waals surface area contributed by atoms with Gasteiger partial charge in [0.15, 0.2) is 0 Å². The number of rotatable bonds is 2. The van der Waals surface area contributed by atoms with Crippen molar-refractivity contribution in [3.8, 4) is 0 Å². The third kappa shape index (κ3) is 2.88. The fourth-order valence-corrected chi connectivity index (χ4v) is 1.32. The Hall–Kier alpha value is -1.30. The van der Waals surface area contributed by atoms with E-state index in [0.29, 0.717) is 0 Å². The molecule has 0 saturated heterocycles. The lowest BCUT2D eigenvalue weighted by Crippen LogP contribution is -1.87. The van der Waals surface area contributed by atoms with Crippen LogP contribution in [0.3, 0.4) is 0 Å². The summed E-state index contributed by atoms with van der Waals surface area (Å²) in [6, 6.07) is 6.21. The predicted molar refractivity (Wildman–Crippen MR) is 69.4 cm³/mol. The van der Waals surface area contributed by atoms with E-state index in [1.807, 2.05) is 19.1 Å². The average molecular weight is 190 g/mol. The average Bonchev–Trinajstić information content (AvgIpc) is 2.03. The second-order valence-electron chi connectivity index (χ2n) is 3.02. The van der Waals surface area contributed by atoms with Gasteiger partial charge in [-0.15, -0.1) is 0 Å². The molecule has 0 spiro atoms. The molecular weight excluding hydrogens is 168 g/mol. The van der Waals surface area contributed by atoms with Crippen LogP contribution in [0.25, 0.3) is 11.6 Å². The van der Waals surface area contributed by atoms with E-state index in [-0.39, 0.29) is 14.9 Å². The highest BCUT2D eigenvalue weighted by atomic mass is 14.1. The molecule has 0 aliphatic rings. The predicted octanol–water partition coefficient (Wildman–Crippen LogP) is 4.94. The van der Waals surface area contributed by atoms with Crippen molar-refractivity contribution in [2.75, 3.05) is 0 Å². The Kier molecular flexibility index (Phi) is 6.72. The molecule has 0 atom stereocenters. The van der Waals surface area contributed by atoms with Crippen molar-refractivity contribution < 1.29 is 0 Å². The van der Waals surface area contributed by atoms with E-state index in [1.54, 1.807) is 0 Å². The molecule has 0 amide bonds. The molecule has 0 fully saturated rings. The van der Waals surface area contributed by atoms with Gasteiger partial charge >= 0.3 is 0 Å². The van der Waals surface area contributed by atoms with Gasteiger partial charge < -0.3 is 0 Å². The Morgan fingerprint density at radius 1 is 1.29 bits per heavy atom. The molecule has 1 rings (SSSR count). The highest BCUT2D eigenvalue weighted by Crippen LogP contribution is 2.21. The van der Waals surface area contributed by atoms with E-state index in [0.717, 1.165) is 5.57 Å². The van der Waals surface area contributed by atoms with E-state index in [1.165, 1.54) is 16.7 Å². The molecule has 0 N–H and O–H groups in total. The third-order valence-electron chi connectivity index (χ3n) is 1.99. The molecule has 0 nitrogen and oxygen atoms in total. The zero-order valence-corrected chi connectivity index (χ0v) is 7.72. The second kappa shape index (κ2) is 6.20. The SMILES string of the molecule is C.C.C=Cc1c(C)cccc1C(=C)C. The van der Waals surface area contributed by atoms with Crippen molar-refractivity contribution in [3.05, 3.63) is 48.0 Å². The Morgan fingerprint density at radius 3 is 2.21 bits per heavy atom. The summed E-state index contributed by atoms with van der Waals surface area (Å²) in [7, 11) is 0. The van der Waals surface area contributed by atoms with Crippen LogP contribution in [0.15, 0.2) is 31.4 Å². The van der Waals surface area contributed by atoms with Crippen molar-refractivity contribution in [2.24, 2.45) is 0 Å². The zero-order valence-electron chi connectivity index (χ0n) is 7.72. The van der Waals surface area contributed by atoms with Gasteiger partial charge in [-0.1, -0.05) is 57.9 Å². The first kappa shape index (κ1) is 15.2. The van der Waals surface area contributed by atoms with Gasteiger partial charge in [0.1, 0.15) is 0 Å². The van der Waals surface area contributed by atoms with Crippen molar-refractivity contribution in [1.29, 1.82) is 0 Å². The van der Waals surface area contributed by atoms with Gasteiger partial charge in [0.25, 0.3) is 0 Å². The summed E-state index contributed by atoms with van der Waals surface area (Å²) in [6.45, 7) is 11.8. The molecule has 78 valence electrons. The van der Waals surface area contributed by atoms with Crippen molar-refractivity contribution in [3.63, 3.8) is 0 Å². The van der Waals surface area contributed by atoms with Crippen LogP contribution in [0.5, 0.6) is 0 Å². The van der Waals surface area contributed by atoms with Crippen molar-refractivity contribution in [1.82, 2.24) is 0 Å². The Balaban J connectivity index is 0. The second-order valence-corrected chi connectivity index (χ2v) is 3.02. The first-order chi connectivity index (χ1) is 5.66. The van der Waals surface area contributed by atoms with Crippen LogP contribution in [-0.2, 0) is 0 Å². The Bertz CT molecular complexity index is 319. The largest absolute Gasteiger partial charge is 0.0984 e. The van der Waals surface area contributed by atoms with Gasteiger partial charge in [0.2, 0.25) is 0 Å². The van der Waals surface area contributed by atoms with Crippen LogP contribution >= 0.6 is 0 Å². The monoisotopic (exact) mass is 190 g/mol. The van der Waals surface area contributed by atoms with Crippen LogP contribution in [-0.4, -0.2) is 0 Å². The highest BCUT2D eigenvalue weighted by Gasteiger charge is 2.01. The topological polar surface area (TPSA) is 0 Å². The van der Waals surface area contributed by atoms with Crippen LogP contribution in [0.4, 0.5) is 0 Å². The van der Waals surface area contributed by atoms with E-state index >= 15 is 0 Å². The van der Waals surface area contributed by atoms with E-state index in [4.69, 9.17) is 0 Å². The molecular formula is C14H22. The maximum Gasteiger partial charge on any atom is -0.0158 e. The summed E-state index contributed by atoms with van der Waals surface area (Å²) in [4.78, 5) is 0. The molecule has 1 aromatic rings. The molecule has 0 aromatic heterocycles. The van der Waals surface area contributed by atoms with Gasteiger partial charge in [-0.05, 0) is 30.5 Å². The Labute approximate surface area is 89.0 Å². The molecule has 14 heavy (non-hydrogen) atoms.